The Bertz CT molecular complexity index is 537. The first-order valence-electron chi connectivity index (χ1n) is 4.08. The normalized spacial score (nSPS) is 11.4. The molecule has 16 heavy (non-hydrogen) atoms. The van der Waals surface area contributed by atoms with E-state index in [2.05, 4.69) is 15.9 Å². The lowest BCUT2D eigenvalue weighted by Crippen LogP contribution is -2.04. The van der Waals surface area contributed by atoms with Crippen molar-refractivity contribution in [2.24, 2.45) is 0 Å². The van der Waals surface area contributed by atoms with Crippen molar-refractivity contribution >= 4 is 43.5 Å². The van der Waals surface area contributed by atoms with Crippen LogP contribution in [0.2, 0.25) is 0 Å². The molecule has 0 radical (unpaired) electrons. The number of carboxylic acids is 1. The molecule has 0 aliphatic rings. The molecule has 0 atom stereocenters. The van der Waals surface area contributed by atoms with Crippen LogP contribution in [-0.4, -0.2) is 32.0 Å². The third kappa shape index (κ3) is 2.78. The van der Waals surface area contributed by atoms with Gasteiger partial charge in [-0.2, -0.15) is 0 Å². The fourth-order valence-corrected chi connectivity index (χ4v) is 4.25. The first-order chi connectivity index (χ1) is 7.27. The highest BCUT2D eigenvalue weighted by Crippen LogP contribution is 2.33. The predicted octanol–water partition coefficient (Wildman–Crippen LogP) is 2.27. The van der Waals surface area contributed by atoms with Crippen LogP contribution in [-0.2, 0) is 9.84 Å². The zero-order valence-corrected chi connectivity index (χ0v) is 11.7. The molecule has 0 unspecified atom stereocenters. The summed E-state index contributed by atoms with van der Waals surface area (Å²) in [6, 6.07) is 2.57. The smallest absolute Gasteiger partial charge is 0.335 e. The average molecular weight is 325 g/mol. The summed E-state index contributed by atoms with van der Waals surface area (Å²) in [6.45, 7) is 0. The van der Waals surface area contributed by atoms with Gasteiger partial charge in [-0.3, -0.25) is 0 Å². The molecular formula is C9H9BrO4S2. The van der Waals surface area contributed by atoms with Crippen molar-refractivity contribution in [2.75, 3.05) is 12.5 Å². The number of rotatable bonds is 3. The molecule has 0 bridgehead atoms. The Hall–Kier alpha value is -0.530. The van der Waals surface area contributed by atoms with Crippen molar-refractivity contribution in [3.05, 3.63) is 22.2 Å². The second kappa shape index (κ2) is 4.77. The summed E-state index contributed by atoms with van der Waals surface area (Å²) < 4.78 is 23.5. The molecule has 0 saturated heterocycles. The number of thioether (sulfide) groups is 1. The van der Waals surface area contributed by atoms with Gasteiger partial charge in [0.05, 0.1) is 10.5 Å². The highest BCUT2D eigenvalue weighted by atomic mass is 79.9. The quantitative estimate of drug-likeness (QED) is 0.863. The van der Waals surface area contributed by atoms with Crippen LogP contribution >= 0.6 is 27.7 Å². The summed E-state index contributed by atoms with van der Waals surface area (Å²) in [5.74, 6) is -1.15. The van der Waals surface area contributed by atoms with Gasteiger partial charge in [0, 0.05) is 15.6 Å². The van der Waals surface area contributed by atoms with Crippen LogP contribution in [0.1, 0.15) is 10.4 Å². The van der Waals surface area contributed by atoms with Crippen LogP contribution in [0.3, 0.4) is 0 Å². The third-order valence-electron chi connectivity index (χ3n) is 1.86. The highest BCUT2D eigenvalue weighted by molar-refractivity contribution is 9.10. The van der Waals surface area contributed by atoms with E-state index in [1.807, 2.05) is 0 Å². The standard InChI is InChI=1S/C9H9BrO4S2/c1-15-8-6(10)3-5(9(11)12)4-7(8)16(2,13)14/h3-4H,1-2H3,(H,11,12). The molecular weight excluding hydrogens is 316 g/mol. The van der Waals surface area contributed by atoms with Gasteiger partial charge in [-0.05, 0) is 34.3 Å². The van der Waals surface area contributed by atoms with E-state index >= 15 is 0 Å². The van der Waals surface area contributed by atoms with E-state index < -0.39 is 15.8 Å². The zero-order chi connectivity index (χ0) is 12.5. The van der Waals surface area contributed by atoms with Crippen molar-refractivity contribution in [2.45, 2.75) is 9.79 Å². The molecule has 0 saturated carbocycles. The van der Waals surface area contributed by atoms with Crippen molar-refractivity contribution < 1.29 is 18.3 Å². The minimum Gasteiger partial charge on any atom is -0.478 e. The van der Waals surface area contributed by atoms with Gasteiger partial charge in [0.2, 0.25) is 0 Å². The summed E-state index contributed by atoms with van der Waals surface area (Å²) in [5.41, 5.74) is -0.0508. The number of carboxylic acid groups (broad SMARTS) is 1. The van der Waals surface area contributed by atoms with Crippen LogP contribution in [0.4, 0.5) is 0 Å². The van der Waals surface area contributed by atoms with Gasteiger partial charge in [0.15, 0.2) is 9.84 Å². The molecule has 4 nitrogen and oxygen atoms in total. The zero-order valence-electron chi connectivity index (χ0n) is 8.52. The molecule has 88 valence electrons. The van der Waals surface area contributed by atoms with Crippen LogP contribution in [0.25, 0.3) is 0 Å². The Morgan fingerprint density at radius 3 is 2.38 bits per heavy atom. The molecule has 1 aromatic carbocycles. The van der Waals surface area contributed by atoms with Gasteiger partial charge in [-0.1, -0.05) is 0 Å². The van der Waals surface area contributed by atoms with Gasteiger partial charge in [0.1, 0.15) is 0 Å². The minimum atomic E-state index is -3.44. The fourth-order valence-electron chi connectivity index (χ4n) is 1.17. The maximum absolute atomic E-state index is 11.5. The van der Waals surface area contributed by atoms with Gasteiger partial charge >= 0.3 is 5.97 Å². The third-order valence-corrected chi connectivity index (χ3v) is 4.85. The maximum Gasteiger partial charge on any atom is 0.335 e. The van der Waals surface area contributed by atoms with E-state index in [9.17, 15) is 13.2 Å². The Balaban J connectivity index is 3.62. The van der Waals surface area contributed by atoms with Gasteiger partial charge in [0.25, 0.3) is 0 Å². The molecule has 0 fully saturated rings. The molecule has 0 aliphatic heterocycles. The Morgan fingerprint density at radius 1 is 1.44 bits per heavy atom. The molecule has 1 N–H and O–H groups in total. The Kier molecular flexibility index (Phi) is 4.03. The highest BCUT2D eigenvalue weighted by Gasteiger charge is 2.19. The van der Waals surface area contributed by atoms with Crippen LogP contribution in [0.15, 0.2) is 26.4 Å². The molecule has 1 rings (SSSR count). The number of benzene rings is 1. The summed E-state index contributed by atoms with van der Waals surface area (Å²) in [4.78, 5) is 11.4. The minimum absolute atomic E-state index is 0.0341. The van der Waals surface area contributed by atoms with E-state index in [0.717, 1.165) is 6.26 Å². The summed E-state index contributed by atoms with van der Waals surface area (Å²) in [5, 5.41) is 8.84. The van der Waals surface area contributed by atoms with Crippen molar-refractivity contribution in [1.29, 1.82) is 0 Å². The summed E-state index contributed by atoms with van der Waals surface area (Å²) >= 11 is 4.42. The van der Waals surface area contributed by atoms with Gasteiger partial charge in [-0.15, -0.1) is 11.8 Å². The Labute approximate surface area is 106 Å². The second-order valence-electron chi connectivity index (χ2n) is 3.07. The van der Waals surface area contributed by atoms with Crippen LogP contribution < -0.4 is 0 Å². The van der Waals surface area contributed by atoms with E-state index in [0.29, 0.717) is 9.37 Å². The molecule has 0 aliphatic carbocycles. The number of aromatic carboxylic acids is 1. The first-order valence-corrected chi connectivity index (χ1v) is 7.99. The van der Waals surface area contributed by atoms with E-state index in [-0.39, 0.29) is 10.5 Å². The van der Waals surface area contributed by atoms with Crippen LogP contribution in [0.5, 0.6) is 0 Å². The average Bonchev–Trinajstić information content (AvgIpc) is 2.14. The summed E-state index contributed by atoms with van der Waals surface area (Å²) in [7, 11) is -3.44. The van der Waals surface area contributed by atoms with Gasteiger partial charge < -0.3 is 5.11 Å². The fraction of sp³-hybridized carbons (Fsp3) is 0.222. The number of hydrogen-bond donors (Lipinski definition) is 1. The van der Waals surface area contributed by atoms with Crippen molar-refractivity contribution in [3.63, 3.8) is 0 Å². The van der Waals surface area contributed by atoms with Crippen LogP contribution in [0, 0.1) is 0 Å². The number of halogens is 1. The number of hydrogen-bond acceptors (Lipinski definition) is 4. The van der Waals surface area contributed by atoms with Gasteiger partial charge in [-0.25, -0.2) is 13.2 Å². The maximum atomic E-state index is 11.5. The molecule has 1 aromatic rings. The predicted molar refractivity (Wildman–Crippen MR) is 66.0 cm³/mol. The second-order valence-corrected chi connectivity index (χ2v) is 6.72. The lowest BCUT2D eigenvalue weighted by molar-refractivity contribution is 0.0696. The van der Waals surface area contributed by atoms with Crippen molar-refractivity contribution in [3.8, 4) is 0 Å². The summed E-state index contributed by atoms with van der Waals surface area (Å²) in [6.07, 6.45) is 2.79. The molecule has 0 amide bonds. The molecule has 0 spiro atoms. The van der Waals surface area contributed by atoms with Crippen molar-refractivity contribution in [1.82, 2.24) is 0 Å². The molecule has 0 aromatic heterocycles. The van der Waals surface area contributed by atoms with E-state index in [1.165, 1.54) is 23.9 Å². The van der Waals surface area contributed by atoms with E-state index in [1.54, 1.807) is 6.26 Å². The molecule has 7 heteroatoms. The lowest BCUT2D eigenvalue weighted by Gasteiger charge is -2.09. The lowest BCUT2D eigenvalue weighted by atomic mass is 10.2. The molecule has 0 heterocycles. The SMILES string of the molecule is CSc1c(Br)cc(C(=O)O)cc1S(C)(=O)=O. The van der Waals surface area contributed by atoms with E-state index in [4.69, 9.17) is 5.11 Å². The first kappa shape index (κ1) is 13.5. The monoisotopic (exact) mass is 324 g/mol. The Morgan fingerprint density at radius 2 is 2.00 bits per heavy atom. The topological polar surface area (TPSA) is 71.4 Å². The number of carbonyl (C=O) groups is 1. The largest absolute Gasteiger partial charge is 0.478 e. The number of sulfone groups is 1.